The van der Waals surface area contributed by atoms with Crippen LogP contribution < -0.4 is 5.32 Å². The first kappa shape index (κ1) is 13.6. The molecule has 1 aromatic carbocycles. The zero-order chi connectivity index (χ0) is 13.0. The monoisotopic (exact) mass is 311 g/mol. The molecule has 1 atom stereocenters. The molecule has 0 aromatic heterocycles. The zero-order valence-electron chi connectivity index (χ0n) is 10.5. The van der Waals surface area contributed by atoms with E-state index in [9.17, 15) is 4.79 Å². The van der Waals surface area contributed by atoms with Gasteiger partial charge in [-0.1, -0.05) is 15.9 Å². The van der Waals surface area contributed by atoms with Gasteiger partial charge in [0.25, 0.3) is 5.91 Å². The van der Waals surface area contributed by atoms with Crippen LogP contribution in [0.4, 0.5) is 0 Å². The van der Waals surface area contributed by atoms with Crippen LogP contribution in [0.1, 0.15) is 30.1 Å². The smallest absolute Gasteiger partial charge is 0.251 e. The van der Waals surface area contributed by atoms with Gasteiger partial charge in [-0.25, -0.2) is 0 Å². The van der Waals surface area contributed by atoms with Crippen LogP contribution in [0, 0.1) is 5.92 Å². The van der Waals surface area contributed by atoms with Crippen molar-refractivity contribution in [1.82, 2.24) is 5.32 Å². The molecule has 0 saturated carbocycles. The molecule has 1 N–H and O–H groups in total. The van der Waals surface area contributed by atoms with Crippen LogP contribution in [0.15, 0.2) is 28.7 Å². The van der Waals surface area contributed by atoms with Crippen molar-refractivity contribution >= 4 is 21.8 Å². The van der Waals surface area contributed by atoms with Crippen molar-refractivity contribution in [3.05, 3.63) is 34.3 Å². The van der Waals surface area contributed by atoms with E-state index in [-0.39, 0.29) is 11.9 Å². The lowest BCUT2D eigenvalue weighted by molar-refractivity contribution is 0.0538. The number of hydrogen-bond acceptors (Lipinski definition) is 2. The quantitative estimate of drug-likeness (QED) is 0.932. The lowest BCUT2D eigenvalue weighted by atomic mass is 9.93. The van der Waals surface area contributed by atoms with Gasteiger partial charge in [0.2, 0.25) is 0 Å². The largest absolute Gasteiger partial charge is 0.381 e. The molecule has 1 fully saturated rings. The van der Waals surface area contributed by atoms with E-state index in [1.165, 1.54) is 0 Å². The second-order valence-corrected chi connectivity index (χ2v) is 5.63. The number of nitrogens with one attached hydrogen (secondary N) is 1. The van der Waals surface area contributed by atoms with E-state index in [2.05, 4.69) is 28.2 Å². The van der Waals surface area contributed by atoms with Crippen molar-refractivity contribution in [1.29, 1.82) is 0 Å². The Labute approximate surface area is 116 Å². The third-order valence-electron chi connectivity index (χ3n) is 3.44. The minimum absolute atomic E-state index is 0.00138. The van der Waals surface area contributed by atoms with Gasteiger partial charge in [0.15, 0.2) is 0 Å². The fourth-order valence-corrected chi connectivity index (χ4v) is 2.49. The van der Waals surface area contributed by atoms with Gasteiger partial charge in [0.05, 0.1) is 0 Å². The molecule has 1 aromatic rings. The van der Waals surface area contributed by atoms with Crippen molar-refractivity contribution in [2.24, 2.45) is 5.92 Å². The van der Waals surface area contributed by atoms with Gasteiger partial charge >= 0.3 is 0 Å². The van der Waals surface area contributed by atoms with Gasteiger partial charge in [-0.2, -0.15) is 0 Å². The van der Waals surface area contributed by atoms with E-state index in [1.54, 1.807) is 0 Å². The summed E-state index contributed by atoms with van der Waals surface area (Å²) in [6.45, 7) is 3.69. The molecule has 98 valence electrons. The van der Waals surface area contributed by atoms with Crippen molar-refractivity contribution < 1.29 is 9.53 Å². The predicted octanol–water partition coefficient (Wildman–Crippen LogP) is 2.99. The predicted molar refractivity (Wildman–Crippen MR) is 74.6 cm³/mol. The molecule has 1 amide bonds. The Kier molecular flexibility index (Phi) is 4.78. The molecule has 1 aliphatic rings. The molecule has 0 aliphatic carbocycles. The molecule has 1 unspecified atom stereocenters. The molecule has 4 heteroatoms. The Morgan fingerprint density at radius 2 is 1.94 bits per heavy atom. The molecule has 3 nitrogen and oxygen atoms in total. The second kappa shape index (κ2) is 6.34. The number of hydrogen-bond donors (Lipinski definition) is 1. The second-order valence-electron chi connectivity index (χ2n) is 4.72. The number of benzene rings is 1. The summed E-state index contributed by atoms with van der Waals surface area (Å²) in [5, 5.41) is 3.08. The van der Waals surface area contributed by atoms with Gasteiger partial charge < -0.3 is 10.1 Å². The average Bonchev–Trinajstić information content (AvgIpc) is 2.40. The number of carbonyl (C=O) groups is 1. The van der Waals surface area contributed by atoms with Crippen molar-refractivity contribution in [2.45, 2.75) is 25.8 Å². The minimum atomic E-state index is 0.00138. The number of ether oxygens (including phenoxy) is 1. The Hall–Kier alpha value is -0.870. The van der Waals surface area contributed by atoms with Crippen molar-refractivity contribution in [2.75, 3.05) is 13.2 Å². The summed E-state index contributed by atoms with van der Waals surface area (Å²) < 4.78 is 6.32. The zero-order valence-corrected chi connectivity index (χ0v) is 12.1. The highest BCUT2D eigenvalue weighted by molar-refractivity contribution is 9.10. The first-order chi connectivity index (χ1) is 8.66. The van der Waals surface area contributed by atoms with Crippen LogP contribution in [0.3, 0.4) is 0 Å². The lowest BCUT2D eigenvalue weighted by Crippen LogP contribution is -2.40. The van der Waals surface area contributed by atoms with E-state index in [1.807, 2.05) is 24.3 Å². The van der Waals surface area contributed by atoms with Crippen LogP contribution in [0.5, 0.6) is 0 Å². The van der Waals surface area contributed by atoms with Gasteiger partial charge in [0, 0.05) is 29.3 Å². The van der Waals surface area contributed by atoms with Crippen molar-refractivity contribution in [3.63, 3.8) is 0 Å². The summed E-state index contributed by atoms with van der Waals surface area (Å²) in [5.41, 5.74) is 0.706. The van der Waals surface area contributed by atoms with E-state index >= 15 is 0 Å². The fraction of sp³-hybridized carbons (Fsp3) is 0.500. The molecule has 18 heavy (non-hydrogen) atoms. The highest BCUT2D eigenvalue weighted by Crippen LogP contribution is 2.19. The molecule has 0 bridgehead atoms. The first-order valence-corrected chi connectivity index (χ1v) is 7.10. The fourth-order valence-electron chi connectivity index (χ4n) is 2.23. The third-order valence-corrected chi connectivity index (χ3v) is 3.97. The number of amides is 1. The number of carbonyl (C=O) groups excluding carboxylic acids is 1. The van der Waals surface area contributed by atoms with Crippen LogP contribution in [0.2, 0.25) is 0 Å². The summed E-state index contributed by atoms with van der Waals surface area (Å²) in [6.07, 6.45) is 2.06. The first-order valence-electron chi connectivity index (χ1n) is 6.31. The van der Waals surface area contributed by atoms with Crippen molar-refractivity contribution in [3.8, 4) is 0 Å². The molecule has 0 spiro atoms. The summed E-state index contributed by atoms with van der Waals surface area (Å²) in [5.74, 6) is 0.527. The maximum Gasteiger partial charge on any atom is 0.251 e. The molecule has 2 rings (SSSR count). The Morgan fingerprint density at radius 3 is 2.56 bits per heavy atom. The normalized spacial score (nSPS) is 18.3. The van der Waals surface area contributed by atoms with Gasteiger partial charge in [-0.3, -0.25) is 4.79 Å². The average molecular weight is 312 g/mol. The summed E-state index contributed by atoms with van der Waals surface area (Å²) >= 11 is 3.36. The summed E-state index contributed by atoms with van der Waals surface area (Å²) in [4.78, 5) is 12.1. The minimum Gasteiger partial charge on any atom is -0.381 e. The van der Waals surface area contributed by atoms with Gasteiger partial charge in [-0.15, -0.1) is 0 Å². The maximum absolute atomic E-state index is 12.1. The molecule has 1 aliphatic heterocycles. The molecule has 1 heterocycles. The Morgan fingerprint density at radius 1 is 1.33 bits per heavy atom. The molecule has 0 radical (unpaired) electrons. The van der Waals surface area contributed by atoms with Crippen LogP contribution in [0.25, 0.3) is 0 Å². The standard InChI is InChI=1S/C14H18BrNO2/c1-10(11-6-8-18-9-7-11)16-14(17)12-2-4-13(15)5-3-12/h2-5,10-11H,6-9H2,1H3,(H,16,17). The van der Waals surface area contributed by atoms with Gasteiger partial charge in [-0.05, 0) is 49.9 Å². The molecule has 1 saturated heterocycles. The Balaban J connectivity index is 1.91. The maximum atomic E-state index is 12.1. The van der Waals surface area contributed by atoms with E-state index < -0.39 is 0 Å². The van der Waals surface area contributed by atoms with E-state index in [4.69, 9.17) is 4.74 Å². The van der Waals surface area contributed by atoms with E-state index in [0.29, 0.717) is 11.5 Å². The summed E-state index contributed by atoms with van der Waals surface area (Å²) in [7, 11) is 0. The lowest BCUT2D eigenvalue weighted by Gasteiger charge is -2.28. The van der Waals surface area contributed by atoms with Crippen LogP contribution >= 0.6 is 15.9 Å². The highest BCUT2D eigenvalue weighted by Gasteiger charge is 2.22. The molecular weight excluding hydrogens is 294 g/mol. The summed E-state index contributed by atoms with van der Waals surface area (Å²) in [6, 6.07) is 7.62. The van der Waals surface area contributed by atoms with Crippen LogP contribution in [-0.2, 0) is 4.74 Å². The Bertz CT molecular complexity index is 399. The topological polar surface area (TPSA) is 38.3 Å². The number of halogens is 1. The van der Waals surface area contributed by atoms with E-state index in [0.717, 1.165) is 30.5 Å². The SMILES string of the molecule is CC(NC(=O)c1ccc(Br)cc1)C1CCOCC1. The van der Waals surface area contributed by atoms with Gasteiger partial charge in [0.1, 0.15) is 0 Å². The third kappa shape index (κ3) is 3.56. The van der Waals surface area contributed by atoms with Crippen LogP contribution in [-0.4, -0.2) is 25.2 Å². The molecular formula is C14H18BrNO2. The highest BCUT2D eigenvalue weighted by atomic mass is 79.9. The number of rotatable bonds is 3.